The second-order valence-corrected chi connectivity index (χ2v) is 6.29. The number of hydrogen-bond donors (Lipinski definition) is 1. The first kappa shape index (κ1) is 18.1. The van der Waals surface area contributed by atoms with Crippen molar-refractivity contribution >= 4 is 11.8 Å². The van der Waals surface area contributed by atoms with Gasteiger partial charge in [0.15, 0.2) is 11.6 Å². The molecule has 0 saturated heterocycles. The number of rotatable bonds is 4. The Kier molecular flexibility index (Phi) is 5.63. The van der Waals surface area contributed by atoms with Gasteiger partial charge in [-0.2, -0.15) is 0 Å². The summed E-state index contributed by atoms with van der Waals surface area (Å²) in [6.45, 7) is 6.82. The molecule has 1 unspecified atom stereocenters. The Labute approximate surface area is 129 Å². The predicted octanol–water partition coefficient (Wildman–Crippen LogP) is 2.65. The Bertz CT molecular complexity index is 568. The lowest BCUT2D eigenvalue weighted by Gasteiger charge is -2.26. The number of benzene rings is 1. The summed E-state index contributed by atoms with van der Waals surface area (Å²) in [5.74, 6) is -2.42. The van der Waals surface area contributed by atoms with Crippen LogP contribution in [0.2, 0.25) is 0 Å². The van der Waals surface area contributed by atoms with Crippen molar-refractivity contribution in [1.82, 2.24) is 10.2 Å². The fourth-order valence-electron chi connectivity index (χ4n) is 1.76. The fourth-order valence-corrected chi connectivity index (χ4v) is 1.76. The van der Waals surface area contributed by atoms with Crippen LogP contribution in [0.25, 0.3) is 0 Å². The molecule has 122 valence electrons. The molecule has 4 nitrogen and oxygen atoms in total. The highest BCUT2D eigenvalue weighted by atomic mass is 19.2. The molecule has 0 bridgehead atoms. The van der Waals surface area contributed by atoms with Crippen LogP contribution in [-0.2, 0) is 9.59 Å². The van der Waals surface area contributed by atoms with Crippen molar-refractivity contribution in [2.24, 2.45) is 5.41 Å². The van der Waals surface area contributed by atoms with Crippen molar-refractivity contribution in [3.8, 4) is 0 Å². The molecule has 1 aromatic carbocycles. The van der Waals surface area contributed by atoms with Gasteiger partial charge in [-0.1, -0.05) is 26.8 Å². The maximum absolute atomic E-state index is 13.3. The van der Waals surface area contributed by atoms with Crippen LogP contribution in [0, 0.1) is 17.0 Å². The molecule has 1 rings (SSSR count). The quantitative estimate of drug-likeness (QED) is 0.929. The molecule has 0 radical (unpaired) electrons. The third-order valence-electron chi connectivity index (χ3n) is 3.48. The summed E-state index contributed by atoms with van der Waals surface area (Å²) >= 11 is 0. The number of nitrogens with one attached hydrogen (secondary N) is 1. The van der Waals surface area contributed by atoms with Crippen molar-refractivity contribution in [2.75, 3.05) is 13.6 Å². The molecule has 0 heterocycles. The normalized spacial score (nSPS) is 12.7. The van der Waals surface area contributed by atoms with E-state index in [4.69, 9.17) is 0 Å². The first-order valence-corrected chi connectivity index (χ1v) is 7.03. The average Bonchev–Trinajstić information content (AvgIpc) is 2.44. The van der Waals surface area contributed by atoms with E-state index in [0.29, 0.717) is 5.56 Å². The second-order valence-electron chi connectivity index (χ2n) is 6.29. The van der Waals surface area contributed by atoms with E-state index in [0.717, 1.165) is 12.1 Å². The second kappa shape index (κ2) is 6.85. The summed E-state index contributed by atoms with van der Waals surface area (Å²) in [6, 6.07) is 3.09. The molecule has 0 fully saturated rings. The van der Waals surface area contributed by atoms with Gasteiger partial charge in [-0.25, -0.2) is 8.78 Å². The highest BCUT2D eigenvalue weighted by molar-refractivity contribution is 5.87. The van der Waals surface area contributed by atoms with Gasteiger partial charge >= 0.3 is 0 Å². The molecule has 0 aliphatic heterocycles. The van der Waals surface area contributed by atoms with E-state index in [-0.39, 0.29) is 18.4 Å². The Morgan fingerprint density at radius 2 is 1.82 bits per heavy atom. The van der Waals surface area contributed by atoms with Gasteiger partial charge in [0.05, 0.1) is 12.6 Å². The van der Waals surface area contributed by atoms with Crippen LogP contribution in [0.15, 0.2) is 18.2 Å². The van der Waals surface area contributed by atoms with Crippen molar-refractivity contribution in [3.63, 3.8) is 0 Å². The molecule has 1 aromatic rings. The van der Waals surface area contributed by atoms with Gasteiger partial charge < -0.3 is 10.2 Å². The summed E-state index contributed by atoms with van der Waals surface area (Å²) in [6.07, 6.45) is 0. The van der Waals surface area contributed by atoms with E-state index in [9.17, 15) is 18.4 Å². The monoisotopic (exact) mass is 312 g/mol. The Hall–Kier alpha value is -1.98. The smallest absolute Gasteiger partial charge is 0.242 e. The summed E-state index contributed by atoms with van der Waals surface area (Å²) < 4.78 is 26.2. The van der Waals surface area contributed by atoms with Crippen molar-refractivity contribution in [2.45, 2.75) is 33.7 Å². The lowest BCUT2D eigenvalue weighted by molar-refractivity contribution is -0.135. The molecule has 0 saturated carbocycles. The van der Waals surface area contributed by atoms with Crippen LogP contribution in [0.4, 0.5) is 8.78 Å². The number of carbonyl (C=O) groups excluding carboxylic acids is 2. The van der Waals surface area contributed by atoms with Crippen LogP contribution in [-0.4, -0.2) is 30.3 Å². The number of halogens is 2. The average molecular weight is 312 g/mol. The summed E-state index contributed by atoms with van der Waals surface area (Å²) in [5, 5.41) is 2.57. The topological polar surface area (TPSA) is 49.4 Å². The van der Waals surface area contributed by atoms with E-state index in [2.05, 4.69) is 5.32 Å². The van der Waals surface area contributed by atoms with Crippen molar-refractivity contribution in [1.29, 1.82) is 0 Å². The van der Waals surface area contributed by atoms with E-state index in [1.807, 2.05) is 0 Å². The lowest BCUT2D eigenvalue weighted by atomic mass is 9.96. The van der Waals surface area contributed by atoms with E-state index < -0.39 is 23.1 Å². The molecule has 22 heavy (non-hydrogen) atoms. The minimum atomic E-state index is -0.953. The standard InChI is InChI=1S/C16H22F2N2O2/c1-10(11-6-7-12(17)13(18)8-11)20(5)14(21)9-19-15(22)16(2,3)4/h6-8,10H,9H2,1-5H3,(H,19,22). The first-order chi connectivity index (χ1) is 10.0. The summed E-state index contributed by atoms with van der Waals surface area (Å²) in [4.78, 5) is 25.2. The van der Waals surface area contributed by atoms with Crippen LogP contribution in [0.5, 0.6) is 0 Å². The number of nitrogens with zero attached hydrogens (tertiary/aromatic N) is 1. The molecule has 0 aliphatic rings. The van der Waals surface area contributed by atoms with Gasteiger partial charge in [0.2, 0.25) is 11.8 Å². The fraction of sp³-hybridized carbons (Fsp3) is 0.500. The maximum Gasteiger partial charge on any atom is 0.242 e. The van der Waals surface area contributed by atoms with Gasteiger partial charge in [-0.15, -0.1) is 0 Å². The van der Waals surface area contributed by atoms with Crippen molar-refractivity contribution < 1.29 is 18.4 Å². The van der Waals surface area contributed by atoms with Gasteiger partial charge in [-0.3, -0.25) is 9.59 Å². The SMILES string of the molecule is CC(c1ccc(F)c(F)c1)N(C)C(=O)CNC(=O)C(C)(C)C. The minimum Gasteiger partial charge on any atom is -0.347 e. The molecule has 1 N–H and O–H groups in total. The van der Waals surface area contributed by atoms with Gasteiger partial charge in [0.25, 0.3) is 0 Å². The number of amides is 2. The highest BCUT2D eigenvalue weighted by Gasteiger charge is 2.23. The minimum absolute atomic E-state index is 0.138. The van der Waals surface area contributed by atoms with Crippen LogP contribution in [0.1, 0.15) is 39.3 Å². The van der Waals surface area contributed by atoms with Crippen LogP contribution >= 0.6 is 0 Å². The largest absolute Gasteiger partial charge is 0.347 e. The maximum atomic E-state index is 13.3. The predicted molar refractivity (Wildman–Crippen MR) is 80.0 cm³/mol. The number of hydrogen-bond acceptors (Lipinski definition) is 2. The molecule has 0 aromatic heterocycles. The molecular weight excluding hydrogens is 290 g/mol. The molecule has 0 aliphatic carbocycles. The third-order valence-corrected chi connectivity index (χ3v) is 3.48. The van der Waals surface area contributed by atoms with Crippen molar-refractivity contribution in [3.05, 3.63) is 35.4 Å². The van der Waals surface area contributed by atoms with Gasteiger partial charge in [-0.05, 0) is 24.6 Å². The van der Waals surface area contributed by atoms with Crippen LogP contribution in [0.3, 0.4) is 0 Å². The van der Waals surface area contributed by atoms with E-state index in [1.54, 1.807) is 34.7 Å². The Balaban J connectivity index is 2.69. The zero-order valence-corrected chi connectivity index (χ0v) is 13.5. The Morgan fingerprint density at radius 3 is 2.32 bits per heavy atom. The zero-order chi connectivity index (χ0) is 17.1. The van der Waals surface area contributed by atoms with Gasteiger partial charge in [0.1, 0.15) is 0 Å². The summed E-state index contributed by atoms with van der Waals surface area (Å²) in [5.41, 5.74) is -0.0956. The molecular formula is C16H22F2N2O2. The number of carbonyl (C=O) groups is 2. The van der Waals surface area contributed by atoms with Crippen LogP contribution < -0.4 is 5.32 Å². The zero-order valence-electron chi connectivity index (χ0n) is 13.5. The Morgan fingerprint density at radius 1 is 1.23 bits per heavy atom. The number of likely N-dealkylation sites (N-methyl/N-ethyl adjacent to an activating group) is 1. The summed E-state index contributed by atoms with van der Waals surface area (Å²) in [7, 11) is 1.55. The van der Waals surface area contributed by atoms with E-state index >= 15 is 0 Å². The third kappa shape index (κ3) is 4.51. The van der Waals surface area contributed by atoms with Gasteiger partial charge in [0, 0.05) is 12.5 Å². The first-order valence-electron chi connectivity index (χ1n) is 7.03. The lowest BCUT2D eigenvalue weighted by Crippen LogP contribution is -2.43. The molecule has 1 atom stereocenters. The molecule has 2 amide bonds. The molecule has 6 heteroatoms. The van der Waals surface area contributed by atoms with E-state index in [1.165, 1.54) is 11.0 Å². The molecule has 0 spiro atoms. The highest BCUT2D eigenvalue weighted by Crippen LogP contribution is 2.21.